The van der Waals surface area contributed by atoms with Gasteiger partial charge >= 0.3 is 0 Å². The Kier molecular flexibility index (Phi) is 6.06. The molecule has 1 aliphatic carbocycles. The van der Waals surface area contributed by atoms with Crippen molar-refractivity contribution in [1.82, 2.24) is 15.5 Å². The van der Waals surface area contributed by atoms with Crippen LogP contribution in [-0.2, 0) is 11.8 Å². The maximum atomic E-state index is 6.03. The average molecular weight is 356 g/mol. The van der Waals surface area contributed by atoms with Crippen molar-refractivity contribution in [2.24, 2.45) is 0 Å². The second-order valence-electron chi connectivity index (χ2n) is 6.21. The molecular formula is C17H23Cl2N3O. The van der Waals surface area contributed by atoms with Crippen molar-refractivity contribution in [3.05, 3.63) is 46.6 Å². The highest BCUT2D eigenvalue weighted by molar-refractivity contribution is 6.30. The molecule has 6 heteroatoms. The molecule has 0 spiro atoms. The van der Waals surface area contributed by atoms with E-state index >= 15 is 0 Å². The summed E-state index contributed by atoms with van der Waals surface area (Å²) < 4.78 is 5.66. The Balaban J connectivity index is 0.00000192. The third-order valence-electron chi connectivity index (χ3n) is 4.71. The van der Waals surface area contributed by atoms with E-state index < -0.39 is 0 Å². The Morgan fingerprint density at radius 1 is 1.26 bits per heavy atom. The summed E-state index contributed by atoms with van der Waals surface area (Å²) in [4.78, 5) is 4.70. The number of likely N-dealkylation sites (N-methyl/N-ethyl adjacent to an activating group) is 1. The zero-order valence-electron chi connectivity index (χ0n) is 13.5. The quantitative estimate of drug-likeness (QED) is 0.874. The van der Waals surface area contributed by atoms with Gasteiger partial charge in [-0.15, -0.1) is 12.4 Å². The molecule has 1 aromatic carbocycles. The third-order valence-corrected chi connectivity index (χ3v) is 4.96. The van der Waals surface area contributed by atoms with E-state index in [4.69, 9.17) is 21.1 Å². The fourth-order valence-corrected chi connectivity index (χ4v) is 3.41. The summed E-state index contributed by atoms with van der Waals surface area (Å²) in [6.07, 6.45) is 5.26. The van der Waals surface area contributed by atoms with E-state index in [0.29, 0.717) is 6.04 Å². The van der Waals surface area contributed by atoms with Crippen molar-refractivity contribution in [2.75, 3.05) is 7.05 Å². The van der Waals surface area contributed by atoms with Gasteiger partial charge in [-0.1, -0.05) is 41.7 Å². The Morgan fingerprint density at radius 3 is 2.52 bits per heavy atom. The minimum Gasteiger partial charge on any atom is -0.338 e. The number of aromatic nitrogens is 2. The first kappa shape index (κ1) is 18.2. The van der Waals surface area contributed by atoms with Crippen LogP contribution in [0.25, 0.3) is 0 Å². The van der Waals surface area contributed by atoms with Crippen LogP contribution in [-0.4, -0.2) is 23.2 Å². The van der Waals surface area contributed by atoms with Gasteiger partial charge in [-0.25, -0.2) is 0 Å². The summed E-state index contributed by atoms with van der Waals surface area (Å²) in [7, 11) is 1.94. The van der Waals surface area contributed by atoms with Crippen LogP contribution in [0, 0.1) is 0 Å². The van der Waals surface area contributed by atoms with Gasteiger partial charge in [0.1, 0.15) is 0 Å². The number of benzene rings is 1. The largest absolute Gasteiger partial charge is 0.338 e. The Hall–Kier alpha value is -1.10. The number of rotatable bonds is 5. The number of hydrogen-bond donors (Lipinski definition) is 1. The molecule has 0 bridgehead atoms. The highest BCUT2D eigenvalue weighted by Crippen LogP contribution is 2.45. The predicted octanol–water partition coefficient (Wildman–Crippen LogP) is 4.16. The maximum Gasteiger partial charge on any atom is 0.237 e. The maximum absolute atomic E-state index is 6.03. The predicted molar refractivity (Wildman–Crippen MR) is 94.5 cm³/mol. The van der Waals surface area contributed by atoms with Crippen molar-refractivity contribution in [3.8, 4) is 0 Å². The topological polar surface area (TPSA) is 51.0 Å². The van der Waals surface area contributed by atoms with Crippen molar-refractivity contribution in [3.63, 3.8) is 0 Å². The first-order chi connectivity index (χ1) is 10.6. The lowest BCUT2D eigenvalue weighted by molar-refractivity contribution is 0.308. The fourth-order valence-electron chi connectivity index (χ4n) is 3.28. The van der Waals surface area contributed by atoms with Crippen molar-refractivity contribution in [2.45, 2.75) is 50.5 Å². The number of nitrogens with one attached hydrogen (secondary N) is 1. The molecule has 3 rings (SSSR count). The van der Waals surface area contributed by atoms with E-state index in [0.717, 1.165) is 36.0 Å². The van der Waals surface area contributed by atoms with Gasteiger partial charge in [0, 0.05) is 17.5 Å². The molecular weight excluding hydrogens is 333 g/mol. The number of nitrogens with zero attached hydrogens (tertiary/aromatic N) is 2. The molecule has 1 heterocycles. The van der Waals surface area contributed by atoms with Gasteiger partial charge < -0.3 is 9.84 Å². The first-order valence-electron chi connectivity index (χ1n) is 7.90. The first-order valence-corrected chi connectivity index (χ1v) is 8.28. The van der Waals surface area contributed by atoms with Gasteiger partial charge in [0.15, 0.2) is 5.82 Å². The molecule has 1 unspecified atom stereocenters. The summed E-state index contributed by atoms with van der Waals surface area (Å²) >= 11 is 6.03. The lowest BCUT2D eigenvalue weighted by Gasteiger charge is -2.25. The van der Waals surface area contributed by atoms with Crippen LogP contribution in [0.3, 0.4) is 0 Å². The van der Waals surface area contributed by atoms with Crippen LogP contribution in [0.1, 0.15) is 49.9 Å². The van der Waals surface area contributed by atoms with Gasteiger partial charge in [0.05, 0.1) is 5.41 Å². The lowest BCUT2D eigenvalue weighted by Crippen LogP contribution is -2.25. The van der Waals surface area contributed by atoms with Gasteiger partial charge in [0.2, 0.25) is 5.89 Å². The second-order valence-corrected chi connectivity index (χ2v) is 6.64. The van der Waals surface area contributed by atoms with E-state index in [2.05, 4.69) is 29.5 Å². The summed E-state index contributed by atoms with van der Waals surface area (Å²) in [6, 6.07) is 8.40. The van der Waals surface area contributed by atoms with E-state index in [1.54, 1.807) is 0 Å². The summed E-state index contributed by atoms with van der Waals surface area (Å²) in [5, 5.41) is 8.14. The summed E-state index contributed by atoms with van der Waals surface area (Å²) in [5.41, 5.74) is 1.09. The smallest absolute Gasteiger partial charge is 0.237 e. The van der Waals surface area contributed by atoms with E-state index in [1.807, 2.05) is 19.2 Å². The SMILES string of the molecule is CNC(C)Cc1noc(C2(c3ccc(Cl)cc3)CCCC2)n1.Cl. The second kappa shape index (κ2) is 7.65. The molecule has 4 nitrogen and oxygen atoms in total. The molecule has 23 heavy (non-hydrogen) atoms. The van der Waals surface area contributed by atoms with Crippen LogP contribution in [0.5, 0.6) is 0 Å². The monoisotopic (exact) mass is 355 g/mol. The van der Waals surface area contributed by atoms with Crippen LogP contribution >= 0.6 is 24.0 Å². The molecule has 2 aromatic rings. The van der Waals surface area contributed by atoms with Gasteiger partial charge in [-0.05, 0) is 44.5 Å². The summed E-state index contributed by atoms with van der Waals surface area (Å²) in [5.74, 6) is 1.53. The highest BCUT2D eigenvalue weighted by Gasteiger charge is 2.42. The van der Waals surface area contributed by atoms with Crippen molar-refractivity contribution < 1.29 is 4.52 Å². The Labute approximate surface area is 148 Å². The molecule has 1 N–H and O–H groups in total. The zero-order chi connectivity index (χ0) is 15.6. The van der Waals surface area contributed by atoms with Crippen molar-refractivity contribution in [1.29, 1.82) is 0 Å². The van der Waals surface area contributed by atoms with E-state index in [-0.39, 0.29) is 17.8 Å². The average Bonchev–Trinajstić information content (AvgIpc) is 3.17. The molecule has 1 aromatic heterocycles. The molecule has 1 atom stereocenters. The lowest BCUT2D eigenvalue weighted by atomic mass is 9.79. The van der Waals surface area contributed by atoms with E-state index in [1.165, 1.54) is 18.4 Å². The van der Waals surface area contributed by atoms with Crippen LogP contribution in [0.2, 0.25) is 5.02 Å². The Morgan fingerprint density at radius 2 is 1.91 bits per heavy atom. The minimum absolute atomic E-state index is 0. The standard InChI is InChI=1S/C17H22ClN3O.ClH/c1-12(19-2)11-15-20-16(22-21-15)17(9-3-4-10-17)13-5-7-14(18)8-6-13;/h5-8,12,19H,3-4,9-11H2,1-2H3;1H. The van der Waals surface area contributed by atoms with Crippen LogP contribution < -0.4 is 5.32 Å². The molecule has 1 saturated carbocycles. The van der Waals surface area contributed by atoms with Gasteiger partial charge in [-0.2, -0.15) is 4.98 Å². The van der Waals surface area contributed by atoms with Gasteiger partial charge in [-0.3, -0.25) is 0 Å². The molecule has 1 fully saturated rings. The Bertz CT molecular complexity index is 621. The van der Waals surface area contributed by atoms with Crippen LogP contribution in [0.4, 0.5) is 0 Å². The fraction of sp³-hybridized carbons (Fsp3) is 0.529. The minimum atomic E-state index is -0.140. The molecule has 1 aliphatic rings. The zero-order valence-corrected chi connectivity index (χ0v) is 15.1. The number of hydrogen-bond acceptors (Lipinski definition) is 4. The highest BCUT2D eigenvalue weighted by atomic mass is 35.5. The molecule has 0 aliphatic heterocycles. The van der Waals surface area contributed by atoms with Crippen LogP contribution in [0.15, 0.2) is 28.8 Å². The molecule has 126 valence electrons. The number of halogens is 2. The van der Waals surface area contributed by atoms with Gasteiger partial charge in [0.25, 0.3) is 0 Å². The molecule has 0 amide bonds. The molecule has 0 radical (unpaired) electrons. The van der Waals surface area contributed by atoms with Crippen molar-refractivity contribution >= 4 is 24.0 Å². The normalized spacial score (nSPS) is 17.7. The molecule has 0 saturated heterocycles. The third kappa shape index (κ3) is 3.70. The summed E-state index contributed by atoms with van der Waals surface area (Å²) in [6.45, 7) is 2.11. The van der Waals surface area contributed by atoms with E-state index in [9.17, 15) is 0 Å².